The van der Waals surface area contributed by atoms with Crippen molar-refractivity contribution in [2.24, 2.45) is 0 Å². The number of pyridine rings is 1. The minimum absolute atomic E-state index is 0.159. The van der Waals surface area contributed by atoms with Crippen LogP contribution in [0, 0.1) is 6.92 Å². The Balaban J connectivity index is 2.36. The number of aromatic carboxylic acids is 1. The Morgan fingerprint density at radius 3 is 2.71 bits per heavy atom. The van der Waals surface area contributed by atoms with E-state index >= 15 is 0 Å². The van der Waals surface area contributed by atoms with Crippen LogP contribution in [0.4, 0.5) is 0 Å². The molecule has 0 aliphatic rings. The summed E-state index contributed by atoms with van der Waals surface area (Å²) in [6, 6.07) is 8.36. The fourth-order valence-electron chi connectivity index (χ4n) is 1.92. The summed E-state index contributed by atoms with van der Waals surface area (Å²) in [6.45, 7) is 3.94. The van der Waals surface area contributed by atoms with Crippen molar-refractivity contribution in [3.8, 4) is 11.6 Å². The molecule has 21 heavy (non-hydrogen) atoms. The maximum atomic E-state index is 11.2. The van der Waals surface area contributed by atoms with Gasteiger partial charge in [-0.2, -0.15) is 0 Å². The standard InChI is InChI=1S/C16H16ClNO3/c1-3-4-12-8-11(16(19)20)9-15(18-12)21-14-6-5-10(2)7-13(14)17/h5-9H,3-4H2,1-2H3,(H,19,20). The summed E-state index contributed by atoms with van der Waals surface area (Å²) in [5, 5.41) is 9.62. The van der Waals surface area contributed by atoms with Gasteiger partial charge in [-0.1, -0.05) is 31.0 Å². The molecule has 0 spiro atoms. The van der Waals surface area contributed by atoms with Crippen LogP contribution in [-0.2, 0) is 6.42 Å². The van der Waals surface area contributed by atoms with Crippen molar-refractivity contribution in [1.82, 2.24) is 4.98 Å². The normalized spacial score (nSPS) is 10.4. The second kappa shape index (κ2) is 6.59. The second-order valence-corrected chi connectivity index (χ2v) is 5.18. The predicted octanol–water partition coefficient (Wildman–Crippen LogP) is 4.49. The van der Waals surface area contributed by atoms with Crippen molar-refractivity contribution in [3.05, 3.63) is 52.2 Å². The van der Waals surface area contributed by atoms with Crippen molar-refractivity contribution in [2.45, 2.75) is 26.7 Å². The van der Waals surface area contributed by atoms with E-state index in [1.807, 2.05) is 19.9 Å². The molecule has 5 heteroatoms. The first-order valence-electron chi connectivity index (χ1n) is 6.68. The molecule has 0 saturated heterocycles. The molecule has 0 aliphatic carbocycles. The van der Waals surface area contributed by atoms with Crippen LogP contribution in [0.2, 0.25) is 5.02 Å². The Bertz CT molecular complexity index is 671. The molecule has 0 saturated carbocycles. The highest BCUT2D eigenvalue weighted by Crippen LogP contribution is 2.29. The number of rotatable bonds is 5. The summed E-state index contributed by atoms with van der Waals surface area (Å²) >= 11 is 6.11. The number of aromatic nitrogens is 1. The van der Waals surface area contributed by atoms with Gasteiger partial charge in [0.1, 0.15) is 5.75 Å². The van der Waals surface area contributed by atoms with Gasteiger partial charge in [0.2, 0.25) is 5.88 Å². The van der Waals surface area contributed by atoms with Crippen molar-refractivity contribution < 1.29 is 14.6 Å². The third-order valence-corrected chi connectivity index (χ3v) is 3.21. The molecule has 0 fully saturated rings. The average Bonchev–Trinajstić information content (AvgIpc) is 2.42. The smallest absolute Gasteiger partial charge is 0.335 e. The maximum absolute atomic E-state index is 11.2. The van der Waals surface area contributed by atoms with Crippen LogP contribution in [0.25, 0.3) is 0 Å². The highest BCUT2D eigenvalue weighted by atomic mass is 35.5. The average molecular weight is 306 g/mol. The van der Waals surface area contributed by atoms with Gasteiger partial charge in [0.05, 0.1) is 10.6 Å². The minimum atomic E-state index is -1.00. The van der Waals surface area contributed by atoms with E-state index in [1.54, 1.807) is 18.2 Å². The minimum Gasteiger partial charge on any atom is -0.478 e. The molecule has 2 aromatic rings. The van der Waals surface area contributed by atoms with E-state index in [9.17, 15) is 4.79 Å². The Morgan fingerprint density at radius 1 is 1.33 bits per heavy atom. The SMILES string of the molecule is CCCc1cc(C(=O)O)cc(Oc2ccc(C)cc2Cl)n1. The summed E-state index contributed by atoms with van der Waals surface area (Å²) in [5.41, 5.74) is 1.87. The van der Waals surface area contributed by atoms with Gasteiger partial charge in [0.15, 0.2) is 0 Å². The molecular formula is C16H16ClNO3. The molecule has 0 unspecified atom stereocenters. The number of carboxylic acid groups (broad SMARTS) is 1. The molecule has 1 heterocycles. The quantitative estimate of drug-likeness (QED) is 0.884. The molecule has 2 rings (SSSR count). The molecule has 1 aromatic heterocycles. The molecule has 0 aliphatic heterocycles. The third kappa shape index (κ3) is 3.95. The van der Waals surface area contributed by atoms with Gasteiger partial charge in [-0.05, 0) is 37.1 Å². The lowest BCUT2D eigenvalue weighted by Crippen LogP contribution is -2.02. The number of aryl methyl sites for hydroxylation is 2. The Kier molecular flexibility index (Phi) is 4.81. The zero-order valence-corrected chi connectivity index (χ0v) is 12.6. The highest BCUT2D eigenvalue weighted by Gasteiger charge is 2.11. The number of halogens is 1. The molecule has 0 radical (unpaired) electrons. The number of ether oxygens (including phenoxy) is 1. The van der Waals surface area contributed by atoms with Gasteiger partial charge in [-0.3, -0.25) is 0 Å². The van der Waals surface area contributed by atoms with Crippen molar-refractivity contribution >= 4 is 17.6 Å². The van der Waals surface area contributed by atoms with Crippen LogP contribution < -0.4 is 4.74 Å². The Hall–Kier alpha value is -2.07. The van der Waals surface area contributed by atoms with Gasteiger partial charge in [0.25, 0.3) is 0 Å². The monoisotopic (exact) mass is 305 g/mol. The van der Waals surface area contributed by atoms with Crippen molar-refractivity contribution in [3.63, 3.8) is 0 Å². The van der Waals surface area contributed by atoms with E-state index in [4.69, 9.17) is 21.4 Å². The van der Waals surface area contributed by atoms with Crippen molar-refractivity contribution in [2.75, 3.05) is 0 Å². The van der Waals surface area contributed by atoms with Gasteiger partial charge < -0.3 is 9.84 Å². The lowest BCUT2D eigenvalue weighted by atomic mass is 10.1. The topological polar surface area (TPSA) is 59.4 Å². The molecule has 1 aromatic carbocycles. The molecule has 4 nitrogen and oxygen atoms in total. The Labute approximate surface area is 128 Å². The molecule has 0 atom stereocenters. The third-order valence-electron chi connectivity index (χ3n) is 2.91. The first-order valence-corrected chi connectivity index (χ1v) is 7.05. The number of carboxylic acids is 1. The van der Waals surface area contributed by atoms with Crippen LogP contribution in [0.1, 0.15) is 35.0 Å². The zero-order chi connectivity index (χ0) is 15.4. The largest absolute Gasteiger partial charge is 0.478 e. The van der Waals surface area contributed by atoms with Gasteiger partial charge in [-0.15, -0.1) is 0 Å². The van der Waals surface area contributed by atoms with Crippen LogP contribution >= 0.6 is 11.6 Å². The first kappa shape index (κ1) is 15.3. The number of hydrogen-bond donors (Lipinski definition) is 1. The van der Waals surface area contributed by atoms with E-state index in [0.717, 1.165) is 12.0 Å². The van der Waals surface area contributed by atoms with E-state index in [-0.39, 0.29) is 11.4 Å². The lowest BCUT2D eigenvalue weighted by molar-refractivity contribution is 0.0696. The highest BCUT2D eigenvalue weighted by molar-refractivity contribution is 6.32. The predicted molar refractivity (Wildman–Crippen MR) is 81.5 cm³/mol. The lowest BCUT2D eigenvalue weighted by Gasteiger charge is -2.10. The number of benzene rings is 1. The van der Waals surface area contributed by atoms with Gasteiger partial charge >= 0.3 is 5.97 Å². The molecule has 0 amide bonds. The number of hydrogen-bond acceptors (Lipinski definition) is 3. The van der Waals surface area contributed by atoms with Gasteiger partial charge in [-0.25, -0.2) is 9.78 Å². The van der Waals surface area contributed by atoms with Crippen LogP contribution in [-0.4, -0.2) is 16.1 Å². The van der Waals surface area contributed by atoms with Crippen LogP contribution in [0.5, 0.6) is 11.6 Å². The summed E-state index contributed by atoms with van der Waals surface area (Å²) in [4.78, 5) is 15.5. The first-order chi connectivity index (χ1) is 9.99. The number of nitrogens with zero attached hydrogens (tertiary/aromatic N) is 1. The summed E-state index contributed by atoms with van der Waals surface area (Å²) in [6.07, 6.45) is 1.57. The Morgan fingerprint density at radius 2 is 2.10 bits per heavy atom. The van der Waals surface area contributed by atoms with E-state index in [0.29, 0.717) is 22.9 Å². The molecule has 1 N–H and O–H groups in total. The summed E-state index contributed by atoms with van der Waals surface area (Å²) in [5.74, 6) is -0.307. The van der Waals surface area contributed by atoms with Crippen LogP contribution in [0.15, 0.2) is 30.3 Å². The fourth-order valence-corrected chi connectivity index (χ4v) is 2.20. The van der Waals surface area contributed by atoms with Gasteiger partial charge in [0, 0.05) is 11.8 Å². The maximum Gasteiger partial charge on any atom is 0.335 e. The van der Waals surface area contributed by atoms with E-state index in [1.165, 1.54) is 6.07 Å². The van der Waals surface area contributed by atoms with Crippen LogP contribution in [0.3, 0.4) is 0 Å². The van der Waals surface area contributed by atoms with E-state index in [2.05, 4.69) is 4.98 Å². The number of carbonyl (C=O) groups is 1. The summed E-state index contributed by atoms with van der Waals surface area (Å²) < 4.78 is 5.64. The second-order valence-electron chi connectivity index (χ2n) is 4.78. The summed E-state index contributed by atoms with van der Waals surface area (Å²) in [7, 11) is 0. The molecular weight excluding hydrogens is 290 g/mol. The zero-order valence-electron chi connectivity index (χ0n) is 11.9. The fraction of sp³-hybridized carbons (Fsp3) is 0.250. The molecule has 0 bridgehead atoms. The molecule has 110 valence electrons. The van der Waals surface area contributed by atoms with E-state index < -0.39 is 5.97 Å². The van der Waals surface area contributed by atoms with Crippen molar-refractivity contribution in [1.29, 1.82) is 0 Å².